The summed E-state index contributed by atoms with van der Waals surface area (Å²) in [4.78, 5) is 25.9. The van der Waals surface area contributed by atoms with Gasteiger partial charge in [0.25, 0.3) is 0 Å². The Labute approximate surface area is 118 Å². The van der Waals surface area contributed by atoms with Gasteiger partial charge >= 0.3 is 0 Å². The number of carbonyl (C=O) groups excluding carboxylic acids is 2. The third-order valence-electron chi connectivity index (χ3n) is 4.12. The van der Waals surface area contributed by atoms with Crippen molar-refractivity contribution in [2.24, 2.45) is 11.7 Å². The largest absolute Gasteiger partial charge is 0.348 e. The first-order valence-electron chi connectivity index (χ1n) is 6.91. The highest BCUT2D eigenvalue weighted by molar-refractivity contribution is 7.99. The van der Waals surface area contributed by atoms with Gasteiger partial charge in [-0.05, 0) is 25.7 Å². The van der Waals surface area contributed by atoms with Crippen LogP contribution in [0.25, 0.3) is 0 Å². The molecule has 0 aromatic rings. The van der Waals surface area contributed by atoms with Crippen LogP contribution in [0.5, 0.6) is 0 Å². The molecule has 2 fully saturated rings. The Morgan fingerprint density at radius 3 is 2.68 bits per heavy atom. The Hall–Kier alpha value is -0.750. The van der Waals surface area contributed by atoms with Crippen molar-refractivity contribution < 1.29 is 9.59 Å². The van der Waals surface area contributed by atoms with Gasteiger partial charge in [-0.15, -0.1) is 11.8 Å². The van der Waals surface area contributed by atoms with Crippen LogP contribution in [-0.4, -0.2) is 46.5 Å². The maximum Gasteiger partial charge on any atom is 0.244 e. The van der Waals surface area contributed by atoms with Crippen molar-refractivity contribution in [1.82, 2.24) is 10.2 Å². The minimum atomic E-state index is -0.331. The molecular weight excluding hydrogens is 262 g/mol. The molecule has 1 saturated heterocycles. The predicted molar refractivity (Wildman–Crippen MR) is 76.6 cm³/mol. The number of amides is 2. The smallest absolute Gasteiger partial charge is 0.244 e. The van der Waals surface area contributed by atoms with Gasteiger partial charge < -0.3 is 16.0 Å². The van der Waals surface area contributed by atoms with E-state index >= 15 is 0 Å². The average molecular weight is 285 g/mol. The molecule has 1 aliphatic heterocycles. The summed E-state index contributed by atoms with van der Waals surface area (Å²) in [5, 5.41) is 3.08. The topological polar surface area (TPSA) is 75.4 Å². The molecule has 19 heavy (non-hydrogen) atoms. The summed E-state index contributed by atoms with van der Waals surface area (Å²) in [5.74, 6) is 1.79. The van der Waals surface area contributed by atoms with Crippen molar-refractivity contribution >= 4 is 23.6 Å². The third-order valence-corrected chi connectivity index (χ3v) is 5.13. The molecule has 3 N–H and O–H groups in total. The number of thioether (sulfide) groups is 1. The number of hydrogen-bond donors (Lipinski definition) is 2. The van der Waals surface area contributed by atoms with Crippen LogP contribution < -0.4 is 11.1 Å². The van der Waals surface area contributed by atoms with E-state index in [0.29, 0.717) is 30.5 Å². The standard InChI is InChI=1S/C13H23N3O2S/c1-3-11(17)16-8-19-6-10(16)12(18)15-13(2,7-14)9-4-5-9/h9-10H,3-8,14H2,1-2H3,(H,15,18). The highest BCUT2D eigenvalue weighted by Gasteiger charge is 2.44. The molecule has 6 heteroatoms. The molecule has 2 aliphatic rings. The summed E-state index contributed by atoms with van der Waals surface area (Å²) in [5.41, 5.74) is 5.50. The minimum Gasteiger partial charge on any atom is -0.348 e. The van der Waals surface area contributed by atoms with Crippen LogP contribution >= 0.6 is 11.8 Å². The Bertz CT molecular complexity index is 373. The molecule has 0 aromatic carbocycles. The third kappa shape index (κ3) is 3.05. The maximum absolute atomic E-state index is 12.4. The van der Waals surface area contributed by atoms with Crippen LogP contribution in [0.3, 0.4) is 0 Å². The Balaban J connectivity index is 2.00. The van der Waals surface area contributed by atoms with Crippen molar-refractivity contribution in [3.8, 4) is 0 Å². The lowest BCUT2D eigenvalue weighted by molar-refractivity contribution is -0.138. The van der Waals surface area contributed by atoms with Crippen molar-refractivity contribution in [2.75, 3.05) is 18.2 Å². The van der Waals surface area contributed by atoms with Gasteiger partial charge in [-0.3, -0.25) is 9.59 Å². The molecule has 0 bridgehead atoms. The van der Waals surface area contributed by atoms with Gasteiger partial charge in [0.2, 0.25) is 11.8 Å². The lowest BCUT2D eigenvalue weighted by atomic mass is 9.95. The fraction of sp³-hybridized carbons (Fsp3) is 0.846. The quantitative estimate of drug-likeness (QED) is 0.773. The summed E-state index contributed by atoms with van der Waals surface area (Å²) in [6, 6.07) is -0.331. The van der Waals surface area contributed by atoms with E-state index in [-0.39, 0.29) is 23.4 Å². The summed E-state index contributed by atoms with van der Waals surface area (Å²) in [7, 11) is 0. The molecule has 5 nitrogen and oxygen atoms in total. The SMILES string of the molecule is CCC(=O)N1CSCC1C(=O)NC(C)(CN)C1CC1. The summed E-state index contributed by atoms with van der Waals surface area (Å²) < 4.78 is 0. The zero-order chi connectivity index (χ0) is 14.0. The van der Waals surface area contributed by atoms with Crippen LogP contribution in [0.1, 0.15) is 33.1 Å². The van der Waals surface area contributed by atoms with Crippen molar-refractivity contribution in [1.29, 1.82) is 0 Å². The normalized spacial score (nSPS) is 26.1. The van der Waals surface area contributed by atoms with Crippen molar-refractivity contribution in [3.63, 3.8) is 0 Å². The van der Waals surface area contributed by atoms with Crippen molar-refractivity contribution in [2.45, 2.75) is 44.7 Å². The molecule has 2 unspecified atom stereocenters. The van der Waals surface area contributed by atoms with Gasteiger partial charge in [0.1, 0.15) is 6.04 Å². The van der Waals surface area contributed by atoms with E-state index in [9.17, 15) is 9.59 Å². The van der Waals surface area contributed by atoms with Crippen LogP contribution in [0.2, 0.25) is 0 Å². The Kier molecular flexibility index (Phi) is 4.40. The highest BCUT2D eigenvalue weighted by atomic mass is 32.2. The van der Waals surface area contributed by atoms with Gasteiger partial charge in [-0.2, -0.15) is 0 Å². The van der Waals surface area contributed by atoms with E-state index in [1.807, 2.05) is 13.8 Å². The molecule has 108 valence electrons. The summed E-state index contributed by atoms with van der Waals surface area (Å²) in [6.07, 6.45) is 2.71. The second-order valence-electron chi connectivity index (χ2n) is 5.62. The van der Waals surface area contributed by atoms with E-state index in [4.69, 9.17) is 5.73 Å². The van der Waals surface area contributed by atoms with Crippen LogP contribution in [0.4, 0.5) is 0 Å². The monoisotopic (exact) mass is 285 g/mol. The van der Waals surface area contributed by atoms with Gasteiger partial charge in [-0.25, -0.2) is 0 Å². The van der Waals surface area contributed by atoms with Crippen molar-refractivity contribution in [3.05, 3.63) is 0 Å². The van der Waals surface area contributed by atoms with E-state index in [1.54, 1.807) is 16.7 Å². The Morgan fingerprint density at radius 1 is 1.47 bits per heavy atom. The highest BCUT2D eigenvalue weighted by Crippen LogP contribution is 2.39. The van der Waals surface area contributed by atoms with Crippen LogP contribution in [0.15, 0.2) is 0 Å². The first-order chi connectivity index (χ1) is 9.01. The second kappa shape index (κ2) is 5.71. The molecule has 1 saturated carbocycles. The molecule has 1 aliphatic carbocycles. The van der Waals surface area contributed by atoms with Crippen LogP contribution in [0, 0.1) is 5.92 Å². The summed E-state index contributed by atoms with van der Waals surface area (Å²) in [6.45, 7) is 4.29. The lowest BCUT2D eigenvalue weighted by Gasteiger charge is -2.32. The number of nitrogens with zero attached hydrogens (tertiary/aromatic N) is 1. The maximum atomic E-state index is 12.4. The zero-order valence-corrected chi connectivity index (χ0v) is 12.5. The van der Waals surface area contributed by atoms with Gasteiger partial charge in [-0.1, -0.05) is 6.92 Å². The van der Waals surface area contributed by atoms with E-state index in [0.717, 1.165) is 12.8 Å². The molecule has 2 rings (SSSR count). The Morgan fingerprint density at radius 2 is 2.16 bits per heavy atom. The molecular formula is C13H23N3O2S. The predicted octanol–water partition coefficient (Wildman–Crippen LogP) is 0.542. The summed E-state index contributed by atoms with van der Waals surface area (Å²) >= 11 is 1.63. The molecule has 2 amide bonds. The second-order valence-corrected chi connectivity index (χ2v) is 6.62. The number of hydrogen-bond acceptors (Lipinski definition) is 4. The molecule has 0 aromatic heterocycles. The molecule has 0 radical (unpaired) electrons. The van der Waals surface area contributed by atoms with Gasteiger partial charge in [0, 0.05) is 18.7 Å². The molecule has 1 heterocycles. The molecule has 2 atom stereocenters. The van der Waals surface area contributed by atoms with Gasteiger partial charge in [0.15, 0.2) is 0 Å². The van der Waals surface area contributed by atoms with E-state index < -0.39 is 0 Å². The van der Waals surface area contributed by atoms with Gasteiger partial charge in [0.05, 0.1) is 11.4 Å². The number of nitrogens with one attached hydrogen (secondary N) is 1. The van der Waals surface area contributed by atoms with E-state index in [1.165, 1.54) is 0 Å². The lowest BCUT2D eigenvalue weighted by Crippen LogP contribution is -2.58. The number of carbonyl (C=O) groups is 2. The number of nitrogens with two attached hydrogens (primary N) is 1. The fourth-order valence-corrected chi connectivity index (χ4v) is 3.69. The van der Waals surface area contributed by atoms with Crippen LogP contribution in [-0.2, 0) is 9.59 Å². The number of rotatable bonds is 5. The first kappa shape index (κ1) is 14.7. The van der Waals surface area contributed by atoms with E-state index in [2.05, 4.69) is 5.32 Å². The average Bonchev–Trinajstić information content (AvgIpc) is 3.15. The molecule has 0 spiro atoms. The first-order valence-corrected chi connectivity index (χ1v) is 8.06. The minimum absolute atomic E-state index is 0.0472. The zero-order valence-electron chi connectivity index (χ0n) is 11.6. The fourth-order valence-electron chi connectivity index (χ4n) is 2.51.